The summed E-state index contributed by atoms with van der Waals surface area (Å²) < 4.78 is 34.6. The van der Waals surface area contributed by atoms with Crippen molar-refractivity contribution in [3.63, 3.8) is 0 Å². The second-order valence-electron chi connectivity index (χ2n) is 9.22. The van der Waals surface area contributed by atoms with Crippen LogP contribution in [0.3, 0.4) is 0 Å². The van der Waals surface area contributed by atoms with E-state index in [0.717, 1.165) is 48.9 Å². The highest BCUT2D eigenvalue weighted by Gasteiger charge is 2.18. The molecule has 2 aromatic carbocycles. The van der Waals surface area contributed by atoms with Gasteiger partial charge >= 0.3 is 0 Å². The van der Waals surface area contributed by atoms with Crippen molar-refractivity contribution >= 4 is 11.6 Å². The molecule has 0 saturated carbocycles. The molecule has 220 valence electrons. The number of hydrogen-bond acceptors (Lipinski definition) is 10. The van der Waals surface area contributed by atoms with E-state index in [9.17, 15) is 0 Å². The minimum Gasteiger partial charge on any atom is -0.497 e. The Hall–Kier alpha value is -4.34. The lowest BCUT2D eigenvalue weighted by Crippen LogP contribution is -2.21. The van der Waals surface area contributed by atoms with E-state index in [1.165, 1.54) is 0 Å². The summed E-state index contributed by atoms with van der Waals surface area (Å²) in [6.07, 6.45) is 0.634. The molecule has 0 unspecified atom stereocenters. The summed E-state index contributed by atoms with van der Waals surface area (Å²) in [7, 11) is 3.26. The highest BCUT2D eigenvalue weighted by Crippen LogP contribution is 2.37. The fourth-order valence-electron chi connectivity index (χ4n) is 4.51. The SMILES string of the molecule is CCN(CC)c1cc(-c2ccc(OC)cc2OCCCOc2cc(OC)ccc2-c2cc(N(CC)CC)no2)on1. The van der Waals surface area contributed by atoms with Gasteiger partial charge in [-0.25, -0.2) is 0 Å². The minimum absolute atomic E-state index is 0.422. The van der Waals surface area contributed by atoms with Gasteiger partial charge in [-0.05, 0) is 52.0 Å². The average Bonchev–Trinajstić information content (AvgIpc) is 3.69. The van der Waals surface area contributed by atoms with Gasteiger partial charge in [0.25, 0.3) is 0 Å². The summed E-state index contributed by atoms with van der Waals surface area (Å²) in [4.78, 5) is 4.26. The molecule has 10 heteroatoms. The Morgan fingerprint density at radius 1 is 0.610 bits per heavy atom. The van der Waals surface area contributed by atoms with Gasteiger partial charge in [0.05, 0.1) is 38.6 Å². The van der Waals surface area contributed by atoms with E-state index < -0.39 is 0 Å². The number of nitrogens with zero attached hydrogens (tertiary/aromatic N) is 4. The predicted molar refractivity (Wildman–Crippen MR) is 160 cm³/mol. The molecule has 2 heterocycles. The molecule has 0 aliphatic carbocycles. The van der Waals surface area contributed by atoms with Crippen molar-refractivity contribution < 1.29 is 28.0 Å². The molecule has 0 amide bonds. The van der Waals surface area contributed by atoms with Crippen LogP contribution in [0.4, 0.5) is 11.6 Å². The van der Waals surface area contributed by atoms with Gasteiger partial charge in [0.15, 0.2) is 23.2 Å². The van der Waals surface area contributed by atoms with E-state index in [1.807, 2.05) is 48.5 Å². The number of methoxy groups -OCH3 is 2. The van der Waals surface area contributed by atoms with Gasteiger partial charge in [-0.2, -0.15) is 0 Å². The first-order valence-electron chi connectivity index (χ1n) is 14.1. The first-order valence-corrected chi connectivity index (χ1v) is 14.1. The molecule has 0 saturated heterocycles. The van der Waals surface area contributed by atoms with Crippen molar-refractivity contribution in [2.75, 3.05) is 63.4 Å². The quantitative estimate of drug-likeness (QED) is 0.139. The van der Waals surface area contributed by atoms with Gasteiger partial charge in [-0.15, -0.1) is 0 Å². The van der Waals surface area contributed by atoms with Crippen LogP contribution < -0.4 is 28.7 Å². The van der Waals surface area contributed by atoms with Crippen LogP contribution in [0.2, 0.25) is 0 Å². The lowest BCUT2D eigenvalue weighted by Gasteiger charge is -2.16. The largest absolute Gasteiger partial charge is 0.497 e. The zero-order chi connectivity index (χ0) is 29.2. The van der Waals surface area contributed by atoms with E-state index >= 15 is 0 Å². The van der Waals surface area contributed by atoms with Gasteiger partial charge < -0.3 is 37.8 Å². The average molecular weight is 565 g/mol. The van der Waals surface area contributed by atoms with Crippen molar-refractivity contribution in [2.24, 2.45) is 0 Å². The molecule has 0 fully saturated rings. The van der Waals surface area contributed by atoms with Crippen LogP contribution in [0.5, 0.6) is 23.0 Å². The first kappa shape index (κ1) is 29.6. The van der Waals surface area contributed by atoms with Crippen LogP contribution in [0, 0.1) is 0 Å². The topological polar surface area (TPSA) is 95.5 Å². The fourth-order valence-corrected chi connectivity index (χ4v) is 4.51. The zero-order valence-corrected chi connectivity index (χ0v) is 24.8. The number of rotatable bonds is 16. The molecule has 0 radical (unpaired) electrons. The van der Waals surface area contributed by atoms with Crippen molar-refractivity contribution in [3.05, 3.63) is 48.5 Å². The van der Waals surface area contributed by atoms with Crippen molar-refractivity contribution in [3.8, 4) is 45.6 Å². The molecule has 0 aliphatic rings. The first-order chi connectivity index (χ1) is 20.0. The summed E-state index contributed by atoms with van der Waals surface area (Å²) in [5, 5.41) is 8.50. The lowest BCUT2D eigenvalue weighted by atomic mass is 10.1. The van der Waals surface area contributed by atoms with E-state index in [1.54, 1.807) is 14.2 Å². The monoisotopic (exact) mass is 564 g/mol. The molecule has 4 aromatic rings. The highest BCUT2D eigenvalue weighted by atomic mass is 16.5. The predicted octanol–water partition coefficient (Wildman–Crippen LogP) is 6.55. The Morgan fingerprint density at radius 2 is 1.02 bits per heavy atom. The van der Waals surface area contributed by atoms with E-state index in [-0.39, 0.29) is 0 Å². The van der Waals surface area contributed by atoms with Crippen LogP contribution in [-0.4, -0.2) is 63.9 Å². The molecule has 0 bridgehead atoms. The lowest BCUT2D eigenvalue weighted by molar-refractivity contribution is 0.246. The van der Waals surface area contributed by atoms with Crippen LogP contribution in [0.25, 0.3) is 22.6 Å². The second-order valence-corrected chi connectivity index (χ2v) is 9.22. The molecule has 0 atom stereocenters. The van der Waals surface area contributed by atoms with E-state index in [4.69, 9.17) is 28.0 Å². The summed E-state index contributed by atoms with van der Waals surface area (Å²) in [6, 6.07) is 15.2. The Kier molecular flexibility index (Phi) is 10.4. The van der Waals surface area contributed by atoms with Crippen molar-refractivity contribution in [1.29, 1.82) is 0 Å². The standard InChI is InChI=1S/C31H40N4O6/c1-7-34(8-2)30-20-28(40-32-30)24-14-12-22(36-5)18-26(24)38-16-11-17-39-27-19-23(37-6)13-15-25(27)29-21-31(33-41-29)35(9-3)10-4/h12-15,18-21H,7-11,16-17H2,1-6H3. The molecule has 0 N–H and O–H groups in total. The Bertz CT molecular complexity index is 1270. The smallest absolute Gasteiger partial charge is 0.172 e. The molecular formula is C31H40N4O6. The number of aromatic nitrogens is 2. The minimum atomic E-state index is 0.422. The van der Waals surface area contributed by atoms with Gasteiger partial charge in [-0.3, -0.25) is 0 Å². The van der Waals surface area contributed by atoms with E-state index in [0.29, 0.717) is 54.2 Å². The number of hydrogen-bond donors (Lipinski definition) is 0. The maximum Gasteiger partial charge on any atom is 0.172 e. The van der Waals surface area contributed by atoms with Crippen LogP contribution in [-0.2, 0) is 0 Å². The van der Waals surface area contributed by atoms with Crippen LogP contribution >= 0.6 is 0 Å². The van der Waals surface area contributed by atoms with E-state index in [2.05, 4.69) is 47.8 Å². The van der Waals surface area contributed by atoms with Gasteiger partial charge in [0.2, 0.25) is 0 Å². The maximum atomic E-state index is 6.19. The second kappa shape index (κ2) is 14.3. The summed E-state index contributed by atoms with van der Waals surface area (Å²) in [5.41, 5.74) is 1.61. The van der Waals surface area contributed by atoms with Crippen LogP contribution in [0.15, 0.2) is 57.6 Å². The third kappa shape index (κ3) is 7.06. The molecule has 0 spiro atoms. The molecule has 4 rings (SSSR count). The Balaban J connectivity index is 1.43. The normalized spacial score (nSPS) is 10.9. The Morgan fingerprint density at radius 3 is 1.39 bits per heavy atom. The maximum absolute atomic E-state index is 6.19. The molecule has 10 nitrogen and oxygen atoms in total. The number of benzene rings is 2. The van der Waals surface area contributed by atoms with Crippen molar-refractivity contribution in [2.45, 2.75) is 34.1 Å². The fraction of sp³-hybridized carbons (Fsp3) is 0.419. The molecule has 0 aliphatic heterocycles. The summed E-state index contributed by atoms with van der Waals surface area (Å²) >= 11 is 0. The molecule has 41 heavy (non-hydrogen) atoms. The highest BCUT2D eigenvalue weighted by molar-refractivity contribution is 5.70. The van der Waals surface area contributed by atoms with Gasteiger partial charge in [0.1, 0.15) is 23.0 Å². The Labute approximate surface area is 241 Å². The number of ether oxygens (including phenoxy) is 4. The van der Waals surface area contributed by atoms with Gasteiger partial charge in [0, 0.05) is 56.9 Å². The van der Waals surface area contributed by atoms with Crippen LogP contribution in [0.1, 0.15) is 34.1 Å². The van der Waals surface area contributed by atoms with Gasteiger partial charge in [-0.1, -0.05) is 10.3 Å². The third-order valence-corrected chi connectivity index (χ3v) is 6.88. The molecular weight excluding hydrogens is 524 g/mol. The zero-order valence-electron chi connectivity index (χ0n) is 24.8. The third-order valence-electron chi connectivity index (χ3n) is 6.88. The van der Waals surface area contributed by atoms with Crippen molar-refractivity contribution in [1.82, 2.24) is 10.3 Å². The number of anilines is 2. The molecule has 2 aromatic heterocycles. The summed E-state index contributed by atoms with van der Waals surface area (Å²) in [5.74, 6) is 5.56. The summed E-state index contributed by atoms with van der Waals surface area (Å²) in [6.45, 7) is 12.6.